The highest BCUT2D eigenvalue weighted by molar-refractivity contribution is 7.15. The summed E-state index contributed by atoms with van der Waals surface area (Å²) in [5.74, 6) is 0.280. The molecule has 1 saturated heterocycles. The molecule has 1 aliphatic heterocycles. The molecule has 6 nitrogen and oxygen atoms in total. The first-order chi connectivity index (χ1) is 14.4. The van der Waals surface area contributed by atoms with Crippen molar-refractivity contribution < 1.29 is 22.7 Å². The van der Waals surface area contributed by atoms with Crippen LogP contribution in [0.15, 0.2) is 36.9 Å². The number of aromatic nitrogens is 2. The maximum absolute atomic E-state index is 12.8. The number of benzene rings is 1. The average molecular weight is 440 g/mol. The van der Waals surface area contributed by atoms with Crippen molar-refractivity contribution in [2.75, 3.05) is 18.5 Å². The summed E-state index contributed by atoms with van der Waals surface area (Å²) in [6.07, 6.45) is 0.142. The van der Waals surface area contributed by atoms with E-state index in [1.165, 1.54) is 23.5 Å². The lowest BCUT2D eigenvalue weighted by molar-refractivity contribution is -0.137. The van der Waals surface area contributed by atoms with Crippen LogP contribution in [0.2, 0.25) is 0 Å². The summed E-state index contributed by atoms with van der Waals surface area (Å²) < 4.78 is 43.7. The van der Waals surface area contributed by atoms with Crippen molar-refractivity contribution in [1.29, 1.82) is 0 Å². The van der Waals surface area contributed by atoms with Crippen LogP contribution in [-0.2, 0) is 10.9 Å². The fourth-order valence-corrected chi connectivity index (χ4v) is 4.10. The Morgan fingerprint density at radius 2 is 1.97 bits per heavy atom. The van der Waals surface area contributed by atoms with Crippen LogP contribution in [0, 0.1) is 0 Å². The molecule has 1 unspecified atom stereocenters. The highest BCUT2D eigenvalue weighted by atomic mass is 32.1. The molecule has 1 fully saturated rings. The van der Waals surface area contributed by atoms with Gasteiger partial charge in [-0.1, -0.05) is 29.5 Å². The Morgan fingerprint density at radius 3 is 2.60 bits per heavy atom. The maximum Gasteiger partial charge on any atom is 0.416 e. The second kappa shape index (κ2) is 10.0. The predicted octanol–water partition coefficient (Wildman–Crippen LogP) is 5.28. The fourth-order valence-electron chi connectivity index (χ4n) is 3.20. The number of alkyl halides is 3. The number of carbonyl (C=O) groups is 1. The highest BCUT2D eigenvalue weighted by Crippen LogP contribution is 2.32. The molecule has 1 aromatic heterocycles. The molecule has 3 rings (SSSR count). The van der Waals surface area contributed by atoms with Crippen molar-refractivity contribution in [2.45, 2.75) is 43.8 Å². The lowest BCUT2D eigenvalue weighted by Gasteiger charge is -2.19. The largest absolute Gasteiger partial charge is 0.416 e. The summed E-state index contributed by atoms with van der Waals surface area (Å²) in [5, 5.41) is 14.9. The number of amides is 2. The molecule has 2 N–H and O–H groups in total. The van der Waals surface area contributed by atoms with Crippen LogP contribution in [0.4, 0.5) is 23.1 Å². The minimum Gasteiger partial charge on any atom is -0.381 e. The standard InChI is InChI=1S/C20H23F3N4O2S/c1-2-3-4-16(13-5-7-15(8-6-13)20(21,22)23)24-18(28)25-19-27-26-17(30-19)14-9-11-29-12-10-14/h2,5-8,14,16H,1,3-4,9-12H2,(H2,24,25,27,28). The van der Waals surface area contributed by atoms with Crippen molar-refractivity contribution in [3.05, 3.63) is 53.1 Å². The van der Waals surface area contributed by atoms with E-state index in [0.29, 0.717) is 36.8 Å². The molecule has 162 valence electrons. The second-order valence-corrected chi connectivity index (χ2v) is 7.98. The monoisotopic (exact) mass is 440 g/mol. The zero-order valence-corrected chi connectivity index (χ0v) is 17.1. The van der Waals surface area contributed by atoms with Gasteiger partial charge in [-0.25, -0.2) is 4.79 Å². The Morgan fingerprint density at radius 1 is 1.27 bits per heavy atom. The molecular weight excluding hydrogens is 417 g/mol. The average Bonchev–Trinajstić information content (AvgIpc) is 3.19. The van der Waals surface area contributed by atoms with Gasteiger partial charge in [0.1, 0.15) is 5.01 Å². The molecule has 1 aliphatic rings. The van der Waals surface area contributed by atoms with Gasteiger partial charge < -0.3 is 10.1 Å². The lowest BCUT2D eigenvalue weighted by atomic mass is 10.0. The van der Waals surface area contributed by atoms with Crippen LogP contribution in [0.25, 0.3) is 0 Å². The van der Waals surface area contributed by atoms with Crippen molar-refractivity contribution in [3.8, 4) is 0 Å². The van der Waals surface area contributed by atoms with E-state index in [4.69, 9.17) is 4.74 Å². The molecule has 1 atom stereocenters. The number of urea groups is 1. The van der Waals surface area contributed by atoms with Gasteiger partial charge in [0.25, 0.3) is 0 Å². The van der Waals surface area contributed by atoms with Gasteiger partial charge in [0.15, 0.2) is 0 Å². The molecule has 0 spiro atoms. The Balaban J connectivity index is 1.63. The first-order valence-corrected chi connectivity index (χ1v) is 10.4. The quantitative estimate of drug-likeness (QED) is 0.575. The lowest BCUT2D eigenvalue weighted by Crippen LogP contribution is -2.32. The van der Waals surface area contributed by atoms with Gasteiger partial charge in [0, 0.05) is 19.1 Å². The number of ether oxygens (including phenoxy) is 1. The van der Waals surface area contributed by atoms with Gasteiger partial charge in [-0.2, -0.15) is 13.2 Å². The number of hydrogen-bond acceptors (Lipinski definition) is 5. The molecule has 2 amide bonds. The summed E-state index contributed by atoms with van der Waals surface area (Å²) in [4.78, 5) is 12.5. The minimum atomic E-state index is -4.40. The van der Waals surface area contributed by atoms with Gasteiger partial charge in [-0.3, -0.25) is 5.32 Å². The molecule has 0 radical (unpaired) electrons. The van der Waals surface area contributed by atoms with Crippen molar-refractivity contribution >= 4 is 22.5 Å². The van der Waals surface area contributed by atoms with Crippen LogP contribution in [0.5, 0.6) is 0 Å². The summed E-state index contributed by atoms with van der Waals surface area (Å²) in [6.45, 7) is 5.04. The number of allylic oxidation sites excluding steroid dienone is 1. The van der Waals surface area contributed by atoms with Crippen LogP contribution < -0.4 is 10.6 Å². The minimum absolute atomic E-state index is 0.280. The van der Waals surface area contributed by atoms with E-state index in [1.807, 2.05) is 0 Å². The normalized spacial score (nSPS) is 16.1. The van der Waals surface area contributed by atoms with E-state index in [0.717, 1.165) is 30.0 Å². The number of nitrogens with one attached hydrogen (secondary N) is 2. The first kappa shape index (κ1) is 22.2. The van der Waals surface area contributed by atoms with E-state index in [2.05, 4.69) is 27.4 Å². The molecule has 0 saturated carbocycles. The summed E-state index contributed by atoms with van der Waals surface area (Å²) in [5.41, 5.74) is -0.146. The van der Waals surface area contributed by atoms with E-state index < -0.39 is 23.8 Å². The number of rotatable bonds is 7. The Kier molecular flexibility index (Phi) is 7.43. The van der Waals surface area contributed by atoms with Gasteiger partial charge in [-0.05, 0) is 43.4 Å². The molecule has 2 aromatic rings. The van der Waals surface area contributed by atoms with E-state index in [9.17, 15) is 18.0 Å². The molecule has 0 aliphatic carbocycles. The molecule has 0 bridgehead atoms. The van der Waals surface area contributed by atoms with Crippen molar-refractivity contribution in [2.24, 2.45) is 0 Å². The fraction of sp³-hybridized carbons (Fsp3) is 0.450. The third-order valence-corrected chi connectivity index (χ3v) is 5.84. The summed E-state index contributed by atoms with van der Waals surface area (Å²) in [7, 11) is 0. The van der Waals surface area contributed by atoms with Gasteiger partial charge in [0.05, 0.1) is 11.6 Å². The summed E-state index contributed by atoms with van der Waals surface area (Å²) >= 11 is 1.32. The van der Waals surface area contributed by atoms with Gasteiger partial charge in [0.2, 0.25) is 5.13 Å². The van der Waals surface area contributed by atoms with Crippen molar-refractivity contribution in [1.82, 2.24) is 15.5 Å². The third kappa shape index (κ3) is 6.02. The number of hydrogen-bond donors (Lipinski definition) is 2. The molecule has 30 heavy (non-hydrogen) atoms. The maximum atomic E-state index is 12.8. The van der Waals surface area contributed by atoms with E-state index in [1.54, 1.807) is 6.08 Å². The SMILES string of the molecule is C=CCCC(NC(=O)Nc1nnc(C2CCOCC2)s1)c1ccc(C(F)(F)F)cc1. The van der Waals surface area contributed by atoms with Crippen LogP contribution in [-0.4, -0.2) is 29.4 Å². The zero-order valence-electron chi connectivity index (χ0n) is 16.2. The Labute approximate surface area is 176 Å². The molecule has 1 aromatic carbocycles. The number of halogens is 3. The third-order valence-electron chi connectivity index (χ3n) is 4.84. The predicted molar refractivity (Wildman–Crippen MR) is 108 cm³/mol. The highest BCUT2D eigenvalue weighted by Gasteiger charge is 2.30. The van der Waals surface area contributed by atoms with Crippen LogP contribution in [0.1, 0.15) is 53.8 Å². The number of anilines is 1. The second-order valence-electron chi connectivity index (χ2n) is 6.97. The first-order valence-electron chi connectivity index (χ1n) is 9.63. The molecular formula is C20H23F3N4O2S. The van der Waals surface area contributed by atoms with Crippen molar-refractivity contribution in [3.63, 3.8) is 0 Å². The Bertz CT molecular complexity index is 848. The topological polar surface area (TPSA) is 76.1 Å². The smallest absolute Gasteiger partial charge is 0.381 e. The number of nitrogens with zero attached hydrogens (tertiary/aromatic N) is 2. The summed E-state index contributed by atoms with van der Waals surface area (Å²) in [6, 6.07) is 3.84. The van der Waals surface area contributed by atoms with Crippen LogP contribution >= 0.6 is 11.3 Å². The van der Waals surface area contributed by atoms with E-state index in [-0.39, 0.29) is 5.92 Å². The van der Waals surface area contributed by atoms with Gasteiger partial charge >= 0.3 is 12.2 Å². The number of carbonyl (C=O) groups excluding carboxylic acids is 1. The van der Waals surface area contributed by atoms with Crippen LogP contribution in [0.3, 0.4) is 0 Å². The molecule has 10 heteroatoms. The van der Waals surface area contributed by atoms with Gasteiger partial charge in [-0.15, -0.1) is 16.8 Å². The Hall–Kier alpha value is -2.46. The van der Waals surface area contributed by atoms with E-state index >= 15 is 0 Å². The molecule has 2 heterocycles. The zero-order chi connectivity index (χ0) is 21.6.